The molecule has 0 amide bonds. The van der Waals surface area contributed by atoms with Crippen LogP contribution in [0.4, 0.5) is 0 Å². The van der Waals surface area contributed by atoms with E-state index < -0.39 is 0 Å². The van der Waals surface area contributed by atoms with Crippen molar-refractivity contribution >= 4 is 15.9 Å². The van der Waals surface area contributed by atoms with Crippen LogP contribution in [0.2, 0.25) is 0 Å². The van der Waals surface area contributed by atoms with Crippen LogP contribution >= 0.6 is 15.9 Å². The summed E-state index contributed by atoms with van der Waals surface area (Å²) in [7, 11) is 1.70. The Balaban J connectivity index is 2.04. The predicted octanol–water partition coefficient (Wildman–Crippen LogP) is 3.75. The SMILES string of the molecule is COCCNCc1ccc(-c2ccc(Br)cc2C)o1. The van der Waals surface area contributed by atoms with Gasteiger partial charge in [0.2, 0.25) is 0 Å². The number of aryl methyl sites for hydroxylation is 1. The standard InChI is InChI=1S/C15H18BrNO2/c1-11-9-12(16)3-5-14(11)15-6-4-13(19-15)10-17-7-8-18-2/h3-6,9,17H,7-8,10H2,1-2H3. The number of hydrogen-bond acceptors (Lipinski definition) is 3. The van der Waals surface area contributed by atoms with Gasteiger partial charge in [-0.15, -0.1) is 0 Å². The summed E-state index contributed by atoms with van der Waals surface area (Å²) in [5.41, 5.74) is 2.33. The van der Waals surface area contributed by atoms with Crippen LogP contribution in [0.5, 0.6) is 0 Å². The first-order chi connectivity index (χ1) is 9.20. The molecule has 1 aromatic heterocycles. The normalized spacial score (nSPS) is 10.9. The molecule has 4 heteroatoms. The van der Waals surface area contributed by atoms with Crippen LogP contribution in [-0.4, -0.2) is 20.3 Å². The first kappa shape index (κ1) is 14.3. The fourth-order valence-corrected chi connectivity index (χ4v) is 2.38. The smallest absolute Gasteiger partial charge is 0.134 e. The maximum atomic E-state index is 5.85. The summed E-state index contributed by atoms with van der Waals surface area (Å²) >= 11 is 3.47. The molecule has 2 aromatic rings. The second-order valence-electron chi connectivity index (χ2n) is 4.39. The molecule has 0 saturated heterocycles. The molecule has 0 bridgehead atoms. The summed E-state index contributed by atoms with van der Waals surface area (Å²) in [4.78, 5) is 0. The van der Waals surface area contributed by atoms with Crippen molar-refractivity contribution in [1.29, 1.82) is 0 Å². The number of furan rings is 1. The molecule has 0 aliphatic heterocycles. The molecule has 0 fully saturated rings. The molecule has 0 radical (unpaired) electrons. The van der Waals surface area contributed by atoms with Gasteiger partial charge in [0.25, 0.3) is 0 Å². The van der Waals surface area contributed by atoms with Crippen LogP contribution < -0.4 is 5.32 Å². The third-order valence-electron chi connectivity index (χ3n) is 2.90. The molecule has 19 heavy (non-hydrogen) atoms. The van der Waals surface area contributed by atoms with E-state index in [1.807, 2.05) is 18.2 Å². The van der Waals surface area contributed by atoms with E-state index in [1.165, 1.54) is 5.56 Å². The highest BCUT2D eigenvalue weighted by Crippen LogP contribution is 2.27. The van der Waals surface area contributed by atoms with Gasteiger partial charge in [-0.25, -0.2) is 0 Å². The second-order valence-corrected chi connectivity index (χ2v) is 5.31. The number of methoxy groups -OCH3 is 1. The highest BCUT2D eigenvalue weighted by Gasteiger charge is 2.07. The number of halogens is 1. The van der Waals surface area contributed by atoms with E-state index in [4.69, 9.17) is 9.15 Å². The van der Waals surface area contributed by atoms with Gasteiger partial charge in [-0.1, -0.05) is 15.9 Å². The minimum atomic E-state index is 0.708. The van der Waals surface area contributed by atoms with Crippen LogP contribution in [0.15, 0.2) is 39.2 Å². The largest absolute Gasteiger partial charge is 0.460 e. The zero-order chi connectivity index (χ0) is 13.7. The topological polar surface area (TPSA) is 34.4 Å². The molecule has 0 aliphatic rings. The van der Waals surface area contributed by atoms with Crippen LogP contribution in [-0.2, 0) is 11.3 Å². The lowest BCUT2D eigenvalue weighted by Gasteiger charge is -2.04. The Morgan fingerprint density at radius 2 is 2.11 bits per heavy atom. The number of nitrogens with one attached hydrogen (secondary N) is 1. The van der Waals surface area contributed by atoms with Gasteiger partial charge in [0.1, 0.15) is 11.5 Å². The number of hydrogen-bond donors (Lipinski definition) is 1. The molecular weight excluding hydrogens is 306 g/mol. The quantitative estimate of drug-likeness (QED) is 0.822. The zero-order valence-corrected chi connectivity index (χ0v) is 12.8. The molecule has 1 heterocycles. The molecule has 0 atom stereocenters. The van der Waals surface area contributed by atoms with Crippen molar-refractivity contribution in [2.24, 2.45) is 0 Å². The summed E-state index contributed by atoms with van der Waals surface area (Å²) in [5, 5.41) is 3.26. The Labute approximate surface area is 122 Å². The van der Waals surface area contributed by atoms with Crippen molar-refractivity contribution in [2.45, 2.75) is 13.5 Å². The molecule has 0 unspecified atom stereocenters. The summed E-state index contributed by atoms with van der Waals surface area (Å²) in [5.74, 6) is 1.85. The minimum absolute atomic E-state index is 0.708. The molecule has 2 rings (SSSR count). The second kappa shape index (κ2) is 6.89. The molecule has 102 valence electrons. The number of benzene rings is 1. The fraction of sp³-hybridized carbons (Fsp3) is 0.333. The van der Waals surface area contributed by atoms with E-state index in [0.717, 1.165) is 34.6 Å². The van der Waals surface area contributed by atoms with Crippen molar-refractivity contribution < 1.29 is 9.15 Å². The van der Waals surface area contributed by atoms with Gasteiger partial charge >= 0.3 is 0 Å². The highest BCUT2D eigenvalue weighted by molar-refractivity contribution is 9.10. The van der Waals surface area contributed by atoms with Crippen molar-refractivity contribution in [1.82, 2.24) is 5.32 Å². The average Bonchev–Trinajstić information content (AvgIpc) is 2.83. The number of rotatable bonds is 6. The first-order valence-corrected chi connectivity index (χ1v) is 7.05. The lowest BCUT2D eigenvalue weighted by molar-refractivity contribution is 0.198. The molecule has 3 nitrogen and oxygen atoms in total. The van der Waals surface area contributed by atoms with E-state index >= 15 is 0 Å². The van der Waals surface area contributed by atoms with Crippen molar-refractivity contribution in [2.75, 3.05) is 20.3 Å². The van der Waals surface area contributed by atoms with E-state index in [0.29, 0.717) is 6.61 Å². The molecular formula is C15H18BrNO2. The monoisotopic (exact) mass is 323 g/mol. The van der Waals surface area contributed by atoms with E-state index in [1.54, 1.807) is 7.11 Å². The number of ether oxygens (including phenoxy) is 1. The van der Waals surface area contributed by atoms with Gasteiger partial charge in [-0.05, 0) is 42.8 Å². The van der Waals surface area contributed by atoms with Crippen molar-refractivity contribution in [3.8, 4) is 11.3 Å². The van der Waals surface area contributed by atoms with Gasteiger partial charge in [-0.2, -0.15) is 0 Å². The fourth-order valence-electron chi connectivity index (χ4n) is 1.91. The molecule has 0 aliphatic carbocycles. The van der Waals surface area contributed by atoms with Gasteiger partial charge in [0.05, 0.1) is 13.2 Å². The van der Waals surface area contributed by atoms with Gasteiger partial charge < -0.3 is 14.5 Å². The third-order valence-corrected chi connectivity index (χ3v) is 3.39. The minimum Gasteiger partial charge on any atom is -0.460 e. The highest BCUT2D eigenvalue weighted by atomic mass is 79.9. The summed E-state index contributed by atoms with van der Waals surface area (Å²) < 4.78 is 11.9. The Morgan fingerprint density at radius 1 is 1.26 bits per heavy atom. The van der Waals surface area contributed by atoms with Gasteiger partial charge in [-0.3, -0.25) is 0 Å². The van der Waals surface area contributed by atoms with E-state index in [2.05, 4.69) is 40.3 Å². The molecule has 0 spiro atoms. The first-order valence-electron chi connectivity index (χ1n) is 6.25. The Kier molecular flexibility index (Phi) is 5.19. The third kappa shape index (κ3) is 3.93. The van der Waals surface area contributed by atoms with Crippen molar-refractivity contribution in [3.05, 3.63) is 46.1 Å². The average molecular weight is 324 g/mol. The van der Waals surface area contributed by atoms with E-state index in [9.17, 15) is 0 Å². The van der Waals surface area contributed by atoms with Crippen LogP contribution in [0.25, 0.3) is 11.3 Å². The predicted molar refractivity (Wildman–Crippen MR) is 80.2 cm³/mol. The van der Waals surface area contributed by atoms with Gasteiger partial charge in [0, 0.05) is 23.7 Å². The molecule has 0 saturated carbocycles. The maximum Gasteiger partial charge on any atom is 0.134 e. The maximum absolute atomic E-state index is 5.85. The van der Waals surface area contributed by atoms with E-state index in [-0.39, 0.29) is 0 Å². The summed E-state index contributed by atoms with van der Waals surface area (Å²) in [6.07, 6.45) is 0. The zero-order valence-electron chi connectivity index (χ0n) is 11.2. The summed E-state index contributed by atoms with van der Waals surface area (Å²) in [6.45, 7) is 4.33. The van der Waals surface area contributed by atoms with Crippen molar-refractivity contribution in [3.63, 3.8) is 0 Å². The Bertz CT molecular complexity index is 537. The van der Waals surface area contributed by atoms with Crippen LogP contribution in [0.1, 0.15) is 11.3 Å². The summed E-state index contributed by atoms with van der Waals surface area (Å²) in [6, 6.07) is 10.2. The van der Waals surface area contributed by atoms with Crippen LogP contribution in [0.3, 0.4) is 0 Å². The molecule has 1 aromatic carbocycles. The lowest BCUT2D eigenvalue weighted by Crippen LogP contribution is -2.18. The Hall–Kier alpha value is -1.10. The Morgan fingerprint density at radius 3 is 2.84 bits per heavy atom. The lowest BCUT2D eigenvalue weighted by atomic mass is 10.1. The van der Waals surface area contributed by atoms with Gasteiger partial charge in [0.15, 0.2) is 0 Å². The molecule has 1 N–H and O–H groups in total. The van der Waals surface area contributed by atoms with Crippen LogP contribution in [0, 0.1) is 6.92 Å².